The zero-order chi connectivity index (χ0) is 15.8. The molecule has 0 aliphatic heterocycles. The maximum absolute atomic E-state index is 11.5. The Balaban J connectivity index is 2.75. The van der Waals surface area contributed by atoms with Crippen LogP contribution in [0.4, 0.5) is 0 Å². The molecule has 0 saturated heterocycles. The highest BCUT2D eigenvalue weighted by Crippen LogP contribution is 2.07. The smallest absolute Gasteiger partial charge is 0.348 e. The molecule has 0 aliphatic carbocycles. The fraction of sp³-hybridized carbons (Fsp3) is 0.154. The number of carboxylic acid groups (broad SMARTS) is 2. The average molecular weight is 296 g/mol. The lowest BCUT2D eigenvalue weighted by Gasteiger charge is -2.16. The van der Waals surface area contributed by atoms with Crippen LogP contribution in [0.2, 0.25) is 0 Å². The molecule has 21 heavy (non-hydrogen) atoms. The molecule has 0 aliphatic rings. The van der Waals surface area contributed by atoms with Crippen LogP contribution in [0.5, 0.6) is 0 Å². The van der Waals surface area contributed by atoms with E-state index < -0.39 is 30.1 Å². The van der Waals surface area contributed by atoms with E-state index in [1.54, 1.807) is 30.3 Å². The molecule has 8 nitrogen and oxygen atoms in total. The zero-order valence-electron chi connectivity index (χ0n) is 10.6. The molecule has 0 heterocycles. The lowest BCUT2D eigenvalue weighted by molar-refractivity contribution is -0.292. The lowest BCUT2D eigenvalue weighted by Crippen LogP contribution is -2.44. The fourth-order valence-electron chi connectivity index (χ4n) is 1.36. The van der Waals surface area contributed by atoms with E-state index in [0.29, 0.717) is 5.56 Å². The third-order valence-electron chi connectivity index (χ3n) is 2.33. The summed E-state index contributed by atoms with van der Waals surface area (Å²) in [6, 6.07) is 8.60. The van der Waals surface area contributed by atoms with Crippen molar-refractivity contribution >= 4 is 24.0 Å². The number of carbonyl (C=O) groups is 3. The second kappa shape index (κ2) is 7.78. The van der Waals surface area contributed by atoms with Crippen molar-refractivity contribution in [2.45, 2.75) is 12.2 Å². The van der Waals surface area contributed by atoms with E-state index in [-0.39, 0.29) is 0 Å². The molecule has 112 valence electrons. The first-order valence-electron chi connectivity index (χ1n) is 5.65. The van der Waals surface area contributed by atoms with E-state index in [1.165, 1.54) is 6.08 Å². The molecular formula is C13H12O8. The van der Waals surface area contributed by atoms with Gasteiger partial charge in [0.15, 0.2) is 0 Å². The number of hydrogen-bond acceptors (Lipinski definition) is 6. The minimum atomic E-state index is -2.23. The molecule has 2 unspecified atom stereocenters. The van der Waals surface area contributed by atoms with Crippen LogP contribution >= 0.6 is 0 Å². The minimum absolute atomic E-state index is 0.662. The highest BCUT2D eigenvalue weighted by molar-refractivity contribution is 5.91. The molecule has 0 amide bonds. The molecule has 0 bridgehead atoms. The van der Waals surface area contributed by atoms with Crippen LogP contribution in [0, 0.1) is 0 Å². The largest absolute Gasteiger partial charge is 0.479 e. The molecule has 0 radical (unpaired) electrons. The Labute approximate surface area is 118 Å². The Hall–Kier alpha value is -2.71. The highest BCUT2D eigenvalue weighted by Gasteiger charge is 2.38. The second-order valence-corrected chi connectivity index (χ2v) is 3.80. The molecule has 0 saturated carbocycles. The van der Waals surface area contributed by atoms with Crippen molar-refractivity contribution in [2.75, 3.05) is 0 Å². The van der Waals surface area contributed by atoms with Crippen LogP contribution in [-0.2, 0) is 24.0 Å². The SMILES string of the molecule is O=C(C=Cc1ccccc1)OC(C(=O)O)C(OO)C(=O)O. The van der Waals surface area contributed by atoms with Gasteiger partial charge in [-0.15, -0.1) is 0 Å². The molecule has 1 rings (SSSR count). The van der Waals surface area contributed by atoms with E-state index in [2.05, 4.69) is 9.62 Å². The Kier molecular flexibility index (Phi) is 6.05. The maximum Gasteiger partial charge on any atom is 0.348 e. The predicted molar refractivity (Wildman–Crippen MR) is 68.1 cm³/mol. The molecule has 1 aromatic rings. The number of carbonyl (C=O) groups excluding carboxylic acids is 1. The van der Waals surface area contributed by atoms with Gasteiger partial charge in [0.1, 0.15) is 0 Å². The third kappa shape index (κ3) is 5.05. The molecular weight excluding hydrogens is 284 g/mol. The van der Waals surface area contributed by atoms with Crippen molar-refractivity contribution < 1.29 is 39.5 Å². The summed E-state index contributed by atoms with van der Waals surface area (Å²) in [7, 11) is 0. The molecule has 0 fully saturated rings. The predicted octanol–water partition coefficient (Wildman–Crippen LogP) is 0.639. The van der Waals surface area contributed by atoms with Crippen LogP contribution in [0.25, 0.3) is 6.08 Å². The summed E-state index contributed by atoms with van der Waals surface area (Å²) in [6.07, 6.45) is -2.12. The van der Waals surface area contributed by atoms with Crippen LogP contribution in [-0.4, -0.2) is 45.6 Å². The lowest BCUT2D eigenvalue weighted by atomic mass is 10.2. The first kappa shape index (κ1) is 16.3. The Morgan fingerprint density at radius 1 is 1.00 bits per heavy atom. The van der Waals surface area contributed by atoms with Gasteiger partial charge in [0.25, 0.3) is 0 Å². The number of benzene rings is 1. The van der Waals surface area contributed by atoms with E-state index in [4.69, 9.17) is 15.5 Å². The van der Waals surface area contributed by atoms with Crippen molar-refractivity contribution in [3.63, 3.8) is 0 Å². The highest BCUT2D eigenvalue weighted by atomic mass is 17.1. The first-order valence-corrected chi connectivity index (χ1v) is 5.65. The van der Waals surface area contributed by atoms with Crippen LogP contribution < -0.4 is 0 Å². The molecule has 2 atom stereocenters. The Morgan fingerprint density at radius 3 is 2.05 bits per heavy atom. The molecule has 0 aromatic heterocycles. The topological polar surface area (TPSA) is 130 Å². The van der Waals surface area contributed by atoms with Crippen LogP contribution in [0.15, 0.2) is 36.4 Å². The third-order valence-corrected chi connectivity index (χ3v) is 2.33. The summed E-state index contributed by atoms with van der Waals surface area (Å²) in [5.41, 5.74) is 0.662. The van der Waals surface area contributed by atoms with Crippen LogP contribution in [0.1, 0.15) is 5.56 Å². The van der Waals surface area contributed by atoms with Gasteiger partial charge >= 0.3 is 17.9 Å². The van der Waals surface area contributed by atoms with Gasteiger partial charge in [-0.1, -0.05) is 30.3 Å². The van der Waals surface area contributed by atoms with Gasteiger partial charge in [-0.05, 0) is 11.6 Å². The summed E-state index contributed by atoms with van der Waals surface area (Å²) in [6.45, 7) is 0. The molecule has 8 heteroatoms. The van der Waals surface area contributed by atoms with E-state index in [1.807, 2.05) is 0 Å². The van der Waals surface area contributed by atoms with Gasteiger partial charge in [-0.3, -0.25) is 5.26 Å². The first-order chi connectivity index (χ1) is 9.95. The maximum atomic E-state index is 11.5. The number of esters is 1. The average Bonchev–Trinajstić information content (AvgIpc) is 2.45. The fourth-order valence-corrected chi connectivity index (χ4v) is 1.36. The Bertz CT molecular complexity index is 536. The monoisotopic (exact) mass is 296 g/mol. The number of rotatable bonds is 7. The van der Waals surface area contributed by atoms with Crippen LogP contribution in [0.3, 0.4) is 0 Å². The molecule has 3 N–H and O–H groups in total. The van der Waals surface area contributed by atoms with E-state index in [9.17, 15) is 14.4 Å². The minimum Gasteiger partial charge on any atom is -0.479 e. The number of carboxylic acids is 2. The van der Waals surface area contributed by atoms with E-state index >= 15 is 0 Å². The summed E-state index contributed by atoms with van der Waals surface area (Å²) >= 11 is 0. The summed E-state index contributed by atoms with van der Waals surface area (Å²) in [5.74, 6) is -4.64. The summed E-state index contributed by atoms with van der Waals surface area (Å²) in [5, 5.41) is 25.8. The molecule has 0 spiro atoms. The zero-order valence-corrected chi connectivity index (χ0v) is 10.6. The summed E-state index contributed by atoms with van der Waals surface area (Å²) in [4.78, 5) is 36.5. The van der Waals surface area contributed by atoms with Crippen molar-refractivity contribution in [1.29, 1.82) is 0 Å². The van der Waals surface area contributed by atoms with Gasteiger partial charge < -0.3 is 14.9 Å². The van der Waals surface area contributed by atoms with Crippen molar-refractivity contribution in [3.8, 4) is 0 Å². The van der Waals surface area contributed by atoms with Crippen molar-refractivity contribution in [1.82, 2.24) is 0 Å². The van der Waals surface area contributed by atoms with Crippen molar-refractivity contribution in [2.24, 2.45) is 0 Å². The number of hydrogen-bond donors (Lipinski definition) is 3. The second-order valence-electron chi connectivity index (χ2n) is 3.80. The normalized spacial score (nSPS) is 13.6. The number of ether oxygens (including phenoxy) is 1. The summed E-state index contributed by atoms with van der Waals surface area (Å²) < 4.78 is 4.46. The molecule has 1 aromatic carbocycles. The number of aliphatic carboxylic acids is 2. The van der Waals surface area contributed by atoms with Gasteiger partial charge in [-0.2, -0.15) is 0 Å². The standard InChI is InChI=1S/C13H12O8/c14-9(7-6-8-4-2-1-3-5-8)20-10(12(15)16)11(21-19)13(17)18/h1-7,10-11,19H,(H,15,16)(H,17,18). The Morgan fingerprint density at radius 2 is 1.57 bits per heavy atom. The van der Waals surface area contributed by atoms with Gasteiger partial charge in [0.05, 0.1) is 0 Å². The van der Waals surface area contributed by atoms with Crippen molar-refractivity contribution in [3.05, 3.63) is 42.0 Å². The quantitative estimate of drug-likeness (QED) is 0.289. The van der Waals surface area contributed by atoms with Gasteiger partial charge in [0.2, 0.25) is 12.2 Å². The van der Waals surface area contributed by atoms with E-state index in [0.717, 1.165) is 6.08 Å². The van der Waals surface area contributed by atoms with Gasteiger partial charge in [0, 0.05) is 6.08 Å². The van der Waals surface area contributed by atoms with Gasteiger partial charge in [-0.25, -0.2) is 19.3 Å².